The van der Waals surface area contributed by atoms with Gasteiger partial charge in [0.25, 0.3) is 0 Å². The van der Waals surface area contributed by atoms with Crippen molar-refractivity contribution in [3.8, 4) is 0 Å². The molecular formula is C18H28F2N4O. The van der Waals surface area contributed by atoms with Crippen molar-refractivity contribution in [2.24, 2.45) is 4.99 Å². The summed E-state index contributed by atoms with van der Waals surface area (Å²) in [5.74, 6) is -0.371. The topological polar surface area (TPSA) is 48.9 Å². The van der Waals surface area contributed by atoms with Crippen molar-refractivity contribution in [3.05, 3.63) is 35.4 Å². The number of rotatable bonds is 7. The van der Waals surface area contributed by atoms with Crippen LogP contribution in [-0.2, 0) is 11.2 Å². The lowest BCUT2D eigenvalue weighted by atomic mass is 10.1. The average molecular weight is 354 g/mol. The molecular weight excluding hydrogens is 326 g/mol. The summed E-state index contributed by atoms with van der Waals surface area (Å²) in [6, 6.07) is 3.94. The maximum Gasteiger partial charge on any atom is 0.191 e. The van der Waals surface area contributed by atoms with Crippen molar-refractivity contribution in [3.63, 3.8) is 0 Å². The molecule has 2 N–H and O–H groups in total. The molecule has 0 amide bonds. The zero-order valence-electron chi connectivity index (χ0n) is 15.0. The molecule has 1 saturated heterocycles. The molecule has 0 bridgehead atoms. The van der Waals surface area contributed by atoms with E-state index in [1.165, 1.54) is 12.1 Å². The summed E-state index contributed by atoms with van der Waals surface area (Å²) in [6.07, 6.45) is 0.526. The van der Waals surface area contributed by atoms with Crippen molar-refractivity contribution in [1.29, 1.82) is 0 Å². The number of halogens is 2. The molecule has 140 valence electrons. The summed E-state index contributed by atoms with van der Waals surface area (Å²) < 4.78 is 31.8. The average Bonchev–Trinajstić information content (AvgIpc) is 2.59. The highest BCUT2D eigenvalue weighted by atomic mass is 19.1. The van der Waals surface area contributed by atoms with E-state index in [1.54, 1.807) is 0 Å². The smallest absolute Gasteiger partial charge is 0.191 e. The van der Waals surface area contributed by atoms with Gasteiger partial charge in [-0.2, -0.15) is 0 Å². The van der Waals surface area contributed by atoms with Crippen molar-refractivity contribution >= 4 is 5.96 Å². The predicted octanol–water partition coefficient (Wildman–Crippen LogP) is 1.78. The van der Waals surface area contributed by atoms with Gasteiger partial charge in [0.1, 0.15) is 11.6 Å². The minimum atomic E-state index is -0.546. The number of ether oxygens (including phenoxy) is 1. The predicted molar refractivity (Wildman–Crippen MR) is 95.9 cm³/mol. The number of morpholine rings is 1. The molecule has 25 heavy (non-hydrogen) atoms. The van der Waals surface area contributed by atoms with Gasteiger partial charge in [0.15, 0.2) is 5.96 Å². The Hall–Kier alpha value is -1.73. The number of hydrogen-bond donors (Lipinski definition) is 2. The molecule has 1 heterocycles. The molecule has 0 aliphatic carbocycles. The second kappa shape index (κ2) is 10.3. The lowest BCUT2D eigenvalue weighted by molar-refractivity contribution is 0.0220. The first kappa shape index (κ1) is 19.6. The third-order valence-electron chi connectivity index (χ3n) is 4.16. The van der Waals surface area contributed by atoms with Gasteiger partial charge in [0, 0.05) is 38.3 Å². The number of guanidine groups is 1. The minimum absolute atomic E-state index is 0.344. The minimum Gasteiger partial charge on any atom is -0.379 e. The Morgan fingerprint density at radius 2 is 1.88 bits per heavy atom. The van der Waals surface area contributed by atoms with Gasteiger partial charge in [-0.05, 0) is 38.0 Å². The quantitative estimate of drug-likeness (QED) is 0.579. The van der Waals surface area contributed by atoms with E-state index in [0.717, 1.165) is 44.9 Å². The summed E-state index contributed by atoms with van der Waals surface area (Å²) in [5.41, 5.74) is 0.627. The number of aliphatic imine (C=N–C) groups is 1. The number of hydrogen-bond acceptors (Lipinski definition) is 3. The molecule has 1 atom stereocenters. The van der Waals surface area contributed by atoms with Gasteiger partial charge in [-0.15, -0.1) is 0 Å². The van der Waals surface area contributed by atoms with Gasteiger partial charge >= 0.3 is 0 Å². The van der Waals surface area contributed by atoms with E-state index in [4.69, 9.17) is 4.74 Å². The summed E-state index contributed by atoms with van der Waals surface area (Å²) in [6.45, 7) is 9.58. The highest BCUT2D eigenvalue weighted by Gasteiger charge is 2.16. The molecule has 1 aliphatic rings. The molecule has 1 fully saturated rings. The lowest BCUT2D eigenvalue weighted by Gasteiger charge is -2.31. The first-order valence-corrected chi connectivity index (χ1v) is 8.87. The van der Waals surface area contributed by atoms with Gasteiger partial charge < -0.3 is 15.4 Å². The summed E-state index contributed by atoms with van der Waals surface area (Å²) in [5, 5.41) is 6.41. The molecule has 1 aromatic rings. The molecule has 1 unspecified atom stereocenters. The van der Waals surface area contributed by atoms with Crippen LogP contribution >= 0.6 is 0 Å². The normalized spacial score (nSPS) is 17.4. The largest absolute Gasteiger partial charge is 0.379 e. The molecule has 5 nitrogen and oxygen atoms in total. The van der Waals surface area contributed by atoms with E-state index >= 15 is 0 Å². The van der Waals surface area contributed by atoms with Gasteiger partial charge in [-0.25, -0.2) is 8.78 Å². The van der Waals surface area contributed by atoms with Crippen LogP contribution in [0.5, 0.6) is 0 Å². The lowest BCUT2D eigenvalue weighted by Crippen LogP contribution is -2.44. The number of benzene rings is 1. The van der Waals surface area contributed by atoms with Crippen molar-refractivity contribution in [2.45, 2.75) is 26.3 Å². The fourth-order valence-corrected chi connectivity index (χ4v) is 2.78. The van der Waals surface area contributed by atoms with Crippen LogP contribution in [-0.4, -0.2) is 62.8 Å². The van der Waals surface area contributed by atoms with Gasteiger partial charge in [-0.1, -0.05) is 0 Å². The highest BCUT2D eigenvalue weighted by Crippen LogP contribution is 2.08. The zero-order chi connectivity index (χ0) is 18.1. The Bertz CT molecular complexity index is 542. The van der Waals surface area contributed by atoms with E-state index in [0.29, 0.717) is 31.1 Å². The Balaban J connectivity index is 1.82. The highest BCUT2D eigenvalue weighted by molar-refractivity contribution is 5.79. The van der Waals surface area contributed by atoms with Crippen molar-refractivity contribution in [1.82, 2.24) is 15.5 Å². The van der Waals surface area contributed by atoms with Crippen molar-refractivity contribution < 1.29 is 13.5 Å². The Kier molecular flexibility index (Phi) is 8.08. The zero-order valence-corrected chi connectivity index (χ0v) is 15.0. The third-order valence-corrected chi connectivity index (χ3v) is 4.16. The number of nitrogens with zero attached hydrogens (tertiary/aromatic N) is 2. The second-order valence-corrected chi connectivity index (χ2v) is 6.17. The maximum atomic E-state index is 13.2. The van der Waals surface area contributed by atoms with Crippen LogP contribution in [0.15, 0.2) is 23.2 Å². The number of nitrogens with one attached hydrogen (secondary N) is 2. The SMILES string of the molecule is CCNC(=NCC(C)N1CCOCC1)NCCc1cc(F)cc(F)c1. The van der Waals surface area contributed by atoms with E-state index in [9.17, 15) is 8.78 Å². The molecule has 0 aromatic heterocycles. The maximum absolute atomic E-state index is 13.2. The Morgan fingerprint density at radius 3 is 2.52 bits per heavy atom. The molecule has 2 rings (SSSR count). The molecule has 1 aromatic carbocycles. The third kappa shape index (κ3) is 6.96. The van der Waals surface area contributed by atoms with E-state index in [1.807, 2.05) is 6.92 Å². The Labute approximate surface area is 148 Å². The fraction of sp³-hybridized carbons (Fsp3) is 0.611. The summed E-state index contributed by atoms with van der Waals surface area (Å²) >= 11 is 0. The van der Waals surface area contributed by atoms with Gasteiger partial charge in [-0.3, -0.25) is 9.89 Å². The molecule has 0 spiro atoms. The second-order valence-electron chi connectivity index (χ2n) is 6.17. The molecule has 0 radical (unpaired) electrons. The van der Waals surface area contributed by atoms with Crippen LogP contribution in [0.1, 0.15) is 19.4 Å². The van der Waals surface area contributed by atoms with Gasteiger partial charge in [0.2, 0.25) is 0 Å². The van der Waals surface area contributed by atoms with E-state index in [-0.39, 0.29) is 0 Å². The van der Waals surface area contributed by atoms with Crippen LogP contribution in [0.3, 0.4) is 0 Å². The standard InChI is InChI=1S/C18H28F2N4O/c1-3-21-18(23-13-14(2)24-6-8-25-9-7-24)22-5-4-15-10-16(19)12-17(20)11-15/h10-12,14H,3-9,13H2,1-2H3,(H2,21,22,23). The van der Waals surface area contributed by atoms with Crippen LogP contribution in [0.25, 0.3) is 0 Å². The van der Waals surface area contributed by atoms with E-state index < -0.39 is 11.6 Å². The van der Waals surface area contributed by atoms with Crippen LogP contribution < -0.4 is 10.6 Å². The van der Waals surface area contributed by atoms with Gasteiger partial charge in [0.05, 0.1) is 19.8 Å². The fourth-order valence-electron chi connectivity index (χ4n) is 2.78. The van der Waals surface area contributed by atoms with Crippen molar-refractivity contribution in [2.75, 3.05) is 45.9 Å². The van der Waals surface area contributed by atoms with Crippen LogP contribution in [0, 0.1) is 11.6 Å². The monoisotopic (exact) mass is 354 g/mol. The van der Waals surface area contributed by atoms with E-state index in [2.05, 4.69) is 27.4 Å². The first-order chi connectivity index (χ1) is 12.1. The summed E-state index contributed by atoms with van der Waals surface area (Å²) in [4.78, 5) is 6.99. The molecule has 7 heteroatoms. The summed E-state index contributed by atoms with van der Waals surface area (Å²) in [7, 11) is 0. The Morgan fingerprint density at radius 1 is 1.20 bits per heavy atom. The molecule has 0 saturated carbocycles. The van der Waals surface area contributed by atoms with Crippen LogP contribution in [0.4, 0.5) is 8.78 Å². The first-order valence-electron chi connectivity index (χ1n) is 8.87. The molecule has 1 aliphatic heterocycles. The van der Waals surface area contributed by atoms with Crippen LogP contribution in [0.2, 0.25) is 0 Å².